The van der Waals surface area contributed by atoms with Crippen LogP contribution in [0.2, 0.25) is 0 Å². The maximum absolute atomic E-state index is 12.9. The van der Waals surface area contributed by atoms with Crippen LogP contribution in [0.3, 0.4) is 0 Å². The molecule has 0 atom stereocenters. The van der Waals surface area contributed by atoms with Gasteiger partial charge >= 0.3 is 11.7 Å². The third-order valence-electron chi connectivity index (χ3n) is 5.33. The molecular formula is C23H22N6O4. The van der Waals surface area contributed by atoms with Crippen LogP contribution in [0.15, 0.2) is 75.4 Å². The molecule has 33 heavy (non-hydrogen) atoms. The summed E-state index contributed by atoms with van der Waals surface area (Å²) in [6.45, 7) is 0.361. The molecule has 0 saturated carbocycles. The van der Waals surface area contributed by atoms with Crippen LogP contribution in [-0.4, -0.2) is 35.5 Å². The number of carboxylic acids is 1. The zero-order chi connectivity index (χ0) is 23.5. The summed E-state index contributed by atoms with van der Waals surface area (Å²) in [7, 11) is 2.93. The Kier molecular flexibility index (Phi) is 5.90. The molecule has 0 aliphatic heterocycles. The fourth-order valence-electron chi connectivity index (χ4n) is 3.57. The zero-order valence-electron chi connectivity index (χ0n) is 18.1. The highest BCUT2D eigenvalue weighted by atomic mass is 16.4. The summed E-state index contributed by atoms with van der Waals surface area (Å²) in [4.78, 5) is 41.5. The van der Waals surface area contributed by atoms with Gasteiger partial charge in [-0.15, -0.1) is 0 Å². The zero-order valence-corrected chi connectivity index (χ0v) is 18.1. The number of aromatic nitrogens is 4. The number of fused-ring (bicyclic) bond motifs is 1. The van der Waals surface area contributed by atoms with Gasteiger partial charge in [0.1, 0.15) is 0 Å². The molecule has 0 bridgehead atoms. The first-order valence-corrected chi connectivity index (χ1v) is 10.2. The molecule has 2 aromatic heterocycles. The minimum Gasteiger partial charge on any atom is -0.476 e. The van der Waals surface area contributed by atoms with E-state index >= 15 is 0 Å². The number of carboxylic acid groups (broad SMARTS) is 1. The van der Waals surface area contributed by atoms with Gasteiger partial charge in [0, 0.05) is 26.2 Å². The summed E-state index contributed by atoms with van der Waals surface area (Å²) in [6.07, 6.45) is 0.584. The standard InChI is InChI=1S/C23H22N6O4/c1-27-19-18(20(30)28(2)23(27)33)29(14-13-15-9-5-3-6-10-15)22(24-19)26-25-17(21(31)32)16-11-7-4-8-12-16/h3-12H,13-14H2,1-2H3,(H,24,26)(H,31,32)/b25-17+. The minimum atomic E-state index is -1.22. The van der Waals surface area contributed by atoms with Crippen molar-refractivity contribution in [3.8, 4) is 0 Å². The van der Waals surface area contributed by atoms with Gasteiger partial charge in [-0.25, -0.2) is 15.0 Å². The molecule has 10 nitrogen and oxygen atoms in total. The summed E-state index contributed by atoms with van der Waals surface area (Å²) >= 11 is 0. The Morgan fingerprint density at radius 3 is 2.27 bits per heavy atom. The van der Waals surface area contributed by atoms with Crippen molar-refractivity contribution in [2.75, 3.05) is 5.43 Å². The molecule has 168 valence electrons. The van der Waals surface area contributed by atoms with Crippen LogP contribution < -0.4 is 16.7 Å². The van der Waals surface area contributed by atoms with Gasteiger partial charge in [-0.2, -0.15) is 10.1 Å². The normalized spacial score (nSPS) is 11.6. The number of anilines is 1. The number of benzene rings is 2. The molecule has 10 heteroatoms. The van der Waals surface area contributed by atoms with Crippen LogP contribution >= 0.6 is 0 Å². The lowest BCUT2D eigenvalue weighted by Gasteiger charge is -2.10. The van der Waals surface area contributed by atoms with Gasteiger partial charge in [-0.3, -0.25) is 13.9 Å². The number of nitrogens with one attached hydrogen (secondary N) is 1. The Labute approximate surface area is 188 Å². The second-order valence-electron chi connectivity index (χ2n) is 7.44. The summed E-state index contributed by atoms with van der Waals surface area (Å²) in [6, 6.07) is 18.2. The first-order chi connectivity index (χ1) is 15.9. The number of carbonyl (C=O) groups is 1. The molecule has 0 fully saturated rings. The summed E-state index contributed by atoms with van der Waals surface area (Å²) in [5.74, 6) is -1.06. The predicted molar refractivity (Wildman–Crippen MR) is 125 cm³/mol. The first kappa shape index (κ1) is 21.8. The quantitative estimate of drug-likeness (QED) is 0.328. The predicted octanol–water partition coefficient (Wildman–Crippen LogP) is 1.58. The van der Waals surface area contributed by atoms with E-state index in [2.05, 4.69) is 15.5 Å². The number of hydrazone groups is 1. The van der Waals surface area contributed by atoms with E-state index in [-0.39, 0.29) is 22.8 Å². The Bertz CT molecular complexity index is 1470. The van der Waals surface area contributed by atoms with Crippen LogP contribution in [0.4, 0.5) is 5.95 Å². The fourth-order valence-corrected chi connectivity index (χ4v) is 3.57. The van der Waals surface area contributed by atoms with Gasteiger partial charge in [-0.05, 0) is 12.0 Å². The van der Waals surface area contributed by atoms with Crippen molar-refractivity contribution >= 4 is 28.8 Å². The molecule has 0 radical (unpaired) electrons. The van der Waals surface area contributed by atoms with Crippen molar-refractivity contribution in [1.29, 1.82) is 0 Å². The van der Waals surface area contributed by atoms with Crippen LogP contribution in [0, 0.1) is 0 Å². The van der Waals surface area contributed by atoms with Gasteiger partial charge in [0.05, 0.1) is 0 Å². The number of aryl methyl sites for hydroxylation is 3. The summed E-state index contributed by atoms with van der Waals surface area (Å²) in [5.41, 5.74) is 3.37. The van der Waals surface area contributed by atoms with Crippen LogP contribution in [0.25, 0.3) is 11.2 Å². The third kappa shape index (κ3) is 4.18. The highest BCUT2D eigenvalue weighted by Crippen LogP contribution is 2.17. The Hall–Kier alpha value is -4.47. The lowest BCUT2D eigenvalue weighted by molar-refractivity contribution is -0.129. The minimum absolute atomic E-state index is 0.161. The number of aliphatic carboxylic acids is 1. The third-order valence-corrected chi connectivity index (χ3v) is 5.33. The van der Waals surface area contributed by atoms with E-state index in [1.165, 1.54) is 18.7 Å². The monoisotopic (exact) mass is 446 g/mol. The largest absolute Gasteiger partial charge is 0.476 e. The van der Waals surface area contributed by atoms with Gasteiger partial charge in [0.15, 0.2) is 16.9 Å². The van der Waals surface area contributed by atoms with E-state index in [4.69, 9.17) is 0 Å². The highest BCUT2D eigenvalue weighted by Gasteiger charge is 2.20. The number of nitrogens with zero attached hydrogens (tertiary/aromatic N) is 5. The maximum Gasteiger partial charge on any atom is 0.356 e. The molecular weight excluding hydrogens is 424 g/mol. The van der Waals surface area contributed by atoms with Crippen LogP contribution in [-0.2, 0) is 31.9 Å². The molecule has 0 unspecified atom stereocenters. The fraction of sp³-hybridized carbons (Fsp3) is 0.174. The van der Waals surface area contributed by atoms with Crippen molar-refractivity contribution in [3.63, 3.8) is 0 Å². The van der Waals surface area contributed by atoms with Gasteiger partial charge in [0.25, 0.3) is 5.56 Å². The molecule has 0 amide bonds. The summed E-state index contributed by atoms with van der Waals surface area (Å²) in [5, 5.41) is 13.7. The van der Waals surface area contributed by atoms with Crippen LogP contribution in [0.1, 0.15) is 11.1 Å². The van der Waals surface area contributed by atoms with E-state index in [1.807, 2.05) is 30.3 Å². The molecule has 2 aromatic carbocycles. The molecule has 2 N–H and O–H groups in total. The van der Waals surface area contributed by atoms with E-state index in [0.29, 0.717) is 18.5 Å². The lowest BCUT2D eigenvalue weighted by Crippen LogP contribution is -2.37. The number of rotatable bonds is 7. The first-order valence-electron chi connectivity index (χ1n) is 10.2. The Morgan fingerprint density at radius 2 is 1.64 bits per heavy atom. The van der Waals surface area contributed by atoms with E-state index < -0.39 is 17.2 Å². The smallest absolute Gasteiger partial charge is 0.356 e. The van der Waals surface area contributed by atoms with Crippen LogP contribution in [0.5, 0.6) is 0 Å². The molecule has 0 saturated heterocycles. The number of hydrogen-bond acceptors (Lipinski definition) is 6. The van der Waals surface area contributed by atoms with Crippen molar-refractivity contribution in [1.82, 2.24) is 18.7 Å². The average Bonchev–Trinajstić information content (AvgIpc) is 3.20. The summed E-state index contributed by atoms with van der Waals surface area (Å²) < 4.78 is 3.92. The number of hydrogen-bond donors (Lipinski definition) is 2. The molecule has 0 spiro atoms. The molecule has 4 aromatic rings. The Balaban J connectivity index is 1.83. The average molecular weight is 446 g/mol. The molecule has 0 aliphatic carbocycles. The van der Waals surface area contributed by atoms with Gasteiger partial charge in [-0.1, -0.05) is 60.7 Å². The van der Waals surface area contributed by atoms with Gasteiger partial charge in [0.2, 0.25) is 5.95 Å². The van der Waals surface area contributed by atoms with Crippen molar-refractivity contribution in [2.45, 2.75) is 13.0 Å². The number of imidazole rings is 1. The van der Waals surface area contributed by atoms with Crippen molar-refractivity contribution in [2.24, 2.45) is 19.2 Å². The Morgan fingerprint density at radius 1 is 1.00 bits per heavy atom. The second kappa shape index (κ2) is 8.95. The highest BCUT2D eigenvalue weighted by molar-refractivity contribution is 6.42. The van der Waals surface area contributed by atoms with E-state index in [0.717, 1.165) is 10.1 Å². The maximum atomic E-state index is 12.9. The second-order valence-corrected chi connectivity index (χ2v) is 7.44. The van der Waals surface area contributed by atoms with Crippen molar-refractivity contribution < 1.29 is 9.90 Å². The topological polar surface area (TPSA) is 124 Å². The molecule has 0 aliphatic rings. The van der Waals surface area contributed by atoms with E-state index in [9.17, 15) is 19.5 Å². The van der Waals surface area contributed by atoms with E-state index in [1.54, 1.807) is 34.9 Å². The lowest BCUT2D eigenvalue weighted by atomic mass is 10.1. The van der Waals surface area contributed by atoms with Gasteiger partial charge < -0.3 is 9.67 Å². The molecule has 2 heterocycles. The van der Waals surface area contributed by atoms with Crippen molar-refractivity contribution in [3.05, 3.63) is 92.6 Å². The SMILES string of the molecule is Cn1c(=O)c2c(nc(N/N=C(/C(=O)O)c3ccccc3)n2CCc2ccccc2)n(C)c1=O. The molecule has 4 rings (SSSR count).